The van der Waals surface area contributed by atoms with Crippen molar-refractivity contribution in [3.05, 3.63) is 101 Å². The molecule has 0 unspecified atom stereocenters. The van der Waals surface area contributed by atoms with Crippen LogP contribution in [0, 0.1) is 17.1 Å². The monoisotopic (exact) mass is 403 g/mol. The molecule has 3 aromatic carbocycles. The molecule has 0 saturated heterocycles. The molecule has 0 radical (unpaired) electrons. The van der Waals surface area contributed by atoms with Crippen LogP contribution in [0.4, 0.5) is 10.1 Å². The molecular formula is C24H22FN3O2. The molecule has 0 saturated carbocycles. The Labute approximate surface area is 175 Å². The minimum absolute atomic E-state index is 0.0410. The lowest BCUT2D eigenvalue weighted by atomic mass is 10.0. The Morgan fingerprint density at radius 3 is 2.17 bits per heavy atom. The number of benzene rings is 3. The van der Waals surface area contributed by atoms with Gasteiger partial charge in [0, 0.05) is 13.1 Å². The van der Waals surface area contributed by atoms with Crippen molar-refractivity contribution in [2.75, 3.05) is 25.0 Å². The van der Waals surface area contributed by atoms with E-state index in [2.05, 4.69) is 10.6 Å². The fraction of sp³-hybridized carbons (Fsp3) is 0.167. The number of nitrogens with zero attached hydrogens (tertiary/aromatic N) is 1. The molecule has 0 aliphatic carbocycles. The van der Waals surface area contributed by atoms with E-state index < -0.39 is 5.82 Å². The molecule has 3 aromatic rings. The van der Waals surface area contributed by atoms with Gasteiger partial charge in [0.25, 0.3) is 0 Å². The summed E-state index contributed by atoms with van der Waals surface area (Å²) < 4.78 is 19.5. The zero-order valence-corrected chi connectivity index (χ0v) is 16.3. The number of hydrogen-bond acceptors (Lipinski definition) is 4. The van der Waals surface area contributed by atoms with Crippen molar-refractivity contribution in [1.82, 2.24) is 5.32 Å². The number of carbonyl (C=O) groups is 1. The van der Waals surface area contributed by atoms with Crippen LogP contribution in [-0.2, 0) is 9.53 Å². The zero-order valence-electron chi connectivity index (χ0n) is 16.3. The molecule has 152 valence electrons. The van der Waals surface area contributed by atoms with Gasteiger partial charge >= 0.3 is 0 Å². The second kappa shape index (κ2) is 10.7. The fourth-order valence-corrected chi connectivity index (χ4v) is 3.03. The second-order valence-corrected chi connectivity index (χ2v) is 6.56. The smallest absolute Gasteiger partial charge is 0.246 e. The van der Waals surface area contributed by atoms with Gasteiger partial charge in [-0.15, -0.1) is 0 Å². The summed E-state index contributed by atoms with van der Waals surface area (Å²) in [7, 11) is 0. The summed E-state index contributed by atoms with van der Waals surface area (Å²) in [5.74, 6) is -0.832. The lowest BCUT2D eigenvalue weighted by molar-refractivity contribution is -0.126. The third-order valence-electron chi connectivity index (χ3n) is 4.47. The standard InChI is InChI=1S/C24H22FN3O2/c25-21-12-7-13-22(20(21)16-26)27-14-15-28-23(29)17-30-24(18-8-3-1-4-9-18)19-10-5-2-6-11-19/h1-13,24,27H,14-15,17H2,(H,28,29). The van der Waals surface area contributed by atoms with Crippen LogP contribution < -0.4 is 10.6 Å². The Hall–Kier alpha value is -3.69. The topological polar surface area (TPSA) is 74.2 Å². The first kappa shape index (κ1) is 21.0. The molecule has 5 nitrogen and oxygen atoms in total. The molecule has 0 bridgehead atoms. The van der Waals surface area contributed by atoms with Crippen molar-refractivity contribution < 1.29 is 13.9 Å². The lowest BCUT2D eigenvalue weighted by Gasteiger charge is -2.19. The van der Waals surface area contributed by atoms with Crippen LogP contribution in [0.2, 0.25) is 0 Å². The third-order valence-corrected chi connectivity index (χ3v) is 4.47. The number of ether oxygens (including phenoxy) is 1. The van der Waals surface area contributed by atoms with Gasteiger partial charge < -0.3 is 15.4 Å². The highest BCUT2D eigenvalue weighted by atomic mass is 19.1. The zero-order chi connectivity index (χ0) is 21.2. The molecular weight excluding hydrogens is 381 g/mol. The van der Waals surface area contributed by atoms with Crippen molar-refractivity contribution >= 4 is 11.6 Å². The number of nitrogens with one attached hydrogen (secondary N) is 2. The molecule has 0 aliphatic heterocycles. The minimum Gasteiger partial charge on any atom is -0.382 e. The van der Waals surface area contributed by atoms with Gasteiger partial charge in [0.2, 0.25) is 5.91 Å². The quantitative estimate of drug-likeness (QED) is 0.529. The van der Waals surface area contributed by atoms with E-state index in [9.17, 15) is 9.18 Å². The first-order valence-corrected chi connectivity index (χ1v) is 9.59. The molecule has 0 atom stereocenters. The summed E-state index contributed by atoms with van der Waals surface area (Å²) in [6.45, 7) is 0.563. The van der Waals surface area contributed by atoms with E-state index in [4.69, 9.17) is 10.00 Å². The molecule has 1 amide bonds. The first-order chi connectivity index (χ1) is 14.7. The van der Waals surface area contributed by atoms with Crippen molar-refractivity contribution in [2.45, 2.75) is 6.10 Å². The number of halogens is 1. The van der Waals surface area contributed by atoms with Crippen LogP contribution in [0.1, 0.15) is 22.8 Å². The normalized spacial score (nSPS) is 10.4. The van der Waals surface area contributed by atoms with Crippen LogP contribution in [0.3, 0.4) is 0 Å². The van der Waals surface area contributed by atoms with Gasteiger partial charge in [-0.2, -0.15) is 5.26 Å². The van der Waals surface area contributed by atoms with Gasteiger partial charge in [-0.05, 0) is 23.3 Å². The number of hydrogen-bond donors (Lipinski definition) is 2. The van der Waals surface area contributed by atoms with E-state index in [1.54, 1.807) is 6.07 Å². The van der Waals surface area contributed by atoms with Gasteiger partial charge in [-0.25, -0.2) is 4.39 Å². The second-order valence-electron chi connectivity index (χ2n) is 6.56. The Morgan fingerprint density at radius 2 is 1.57 bits per heavy atom. The van der Waals surface area contributed by atoms with Gasteiger partial charge in [0.05, 0.1) is 5.69 Å². The summed E-state index contributed by atoms with van der Waals surface area (Å²) in [5, 5.41) is 14.8. The van der Waals surface area contributed by atoms with E-state index >= 15 is 0 Å². The van der Waals surface area contributed by atoms with Crippen molar-refractivity contribution in [2.24, 2.45) is 0 Å². The van der Waals surface area contributed by atoms with Crippen molar-refractivity contribution in [1.29, 1.82) is 5.26 Å². The maximum absolute atomic E-state index is 13.6. The van der Waals surface area contributed by atoms with Gasteiger partial charge in [0.15, 0.2) is 0 Å². The van der Waals surface area contributed by atoms with E-state index in [1.165, 1.54) is 12.1 Å². The van der Waals surface area contributed by atoms with E-state index in [-0.39, 0.29) is 24.2 Å². The summed E-state index contributed by atoms with van der Waals surface area (Å²) in [6, 6.07) is 25.7. The maximum Gasteiger partial charge on any atom is 0.246 e. The van der Waals surface area contributed by atoms with Gasteiger partial charge in [0.1, 0.15) is 30.2 Å². The largest absolute Gasteiger partial charge is 0.382 e. The molecule has 0 aromatic heterocycles. The Balaban J connectivity index is 1.51. The number of rotatable bonds is 9. The molecule has 0 aliphatic rings. The number of anilines is 1. The molecule has 0 fully saturated rings. The summed E-state index contributed by atoms with van der Waals surface area (Å²) in [5.41, 5.74) is 2.29. The van der Waals surface area contributed by atoms with Crippen LogP contribution in [0.5, 0.6) is 0 Å². The molecule has 0 heterocycles. The summed E-state index contributed by atoms with van der Waals surface area (Å²) in [4.78, 5) is 12.2. The highest BCUT2D eigenvalue weighted by molar-refractivity contribution is 5.77. The Bertz CT molecular complexity index is 964. The fourth-order valence-electron chi connectivity index (χ4n) is 3.03. The van der Waals surface area contributed by atoms with Crippen LogP contribution >= 0.6 is 0 Å². The highest BCUT2D eigenvalue weighted by Crippen LogP contribution is 2.25. The predicted molar refractivity (Wildman–Crippen MR) is 113 cm³/mol. The van der Waals surface area contributed by atoms with Crippen LogP contribution in [0.15, 0.2) is 78.9 Å². The Morgan fingerprint density at radius 1 is 0.933 bits per heavy atom. The number of amides is 1. The molecule has 30 heavy (non-hydrogen) atoms. The number of carbonyl (C=O) groups excluding carboxylic acids is 1. The minimum atomic E-state index is -0.576. The average molecular weight is 403 g/mol. The summed E-state index contributed by atoms with van der Waals surface area (Å²) in [6.07, 6.45) is -0.346. The highest BCUT2D eigenvalue weighted by Gasteiger charge is 2.16. The van der Waals surface area contributed by atoms with Crippen molar-refractivity contribution in [3.8, 4) is 6.07 Å². The first-order valence-electron chi connectivity index (χ1n) is 9.59. The molecule has 3 rings (SSSR count). The molecule has 2 N–H and O–H groups in total. The SMILES string of the molecule is N#Cc1c(F)cccc1NCCNC(=O)COC(c1ccccc1)c1ccccc1. The number of nitriles is 1. The summed E-state index contributed by atoms with van der Waals surface area (Å²) >= 11 is 0. The van der Waals surface area contributed by atoms with E-state index in [0.29, 0.717) is 18.8 Å². The van der Waals surface area contributed by atoms with Crippen molar-refractivity contribution in [3.63, 3.8) is 0 Å². The average Bonchev–Trinajstić information content (AvgIpc) is 2.78. The third kappa shape index (κ3) is 5.66. The van der Waals surface area contributed by atoms with Crippen LogP contribution in [0.25, 0.3) is 0 Å². The predicted octanol–water partition coefficient (Wildman–Crippen LogP) is 4.03. The van der Waals surface area contributed by atoms with Gasteiger partial charge in [-0.3, -0.25) is 4.79 Å². The molecule has 0 spiro atoms. The van der Waals surface area contributed by atoms with Crippen LogP contribution in [-0.4, -0.2) is 25.6 Å². The van der Waals surface area contributed by atoms with E-state index in [1.807, 2.05) is 66.7 Å². The molecule has 6 heteroatoms. The van der Waals surface area contributed by atoms with Gasteiger partial charge in [-0.1, -0.05) is 66.7 Å². The Kier molecular flexibility index (Phi) is 7.53. The maximum atomic E-state index is 13.6. The lowest BCUT2D eigenvalue weighted by Crippen LogP contribution is -2.32. The van der Waals surface area contributed by atoms with E-state index in [0.717, 1.165) is 11.1 Å².